The number of amides is 1. The van der Waals surface area contributed by atoms with Crippen molar-refractivity contribution in [3.63, 3.8) is 0 Å². The third kappa shape index (κ3) is 3.32. The smallest absolute Gasteiger partial charge is 0.273 e. The van der Waals surface area contributed by atoms with Crippen LogP contribution < -0.4 is 10.9 Å². The Balaban J connectivity index is 1.81. The molecule has 28 heavy (non-hydrogen) atoms. The van der Waals surface area contributed by atoms with E-state index in [0.29, 0.717) is 12.1 Å². The van der Waals surface area contributed by atoms with Gasteiger partial charge in [0.15, 0.2) is 5.65 Å². The SMILES string of the molecule is CC[C@H](C(=O)NC1CCCCCC1)n1c2ccccc2c2nc(=O)cc(C)n21. The number of nitrogens with one attached hydrogen (secondary N) is 1. The first kappa shape index (κ1) is 18.7. The van der Waals surface area contributed by atoms with Gasteiger partial charge in [0.25, 0.3) is 5.56 Å². The van der Waals surface area contributed by atoms with Crippen molar-refractivity contribution in [2.24, 2.45) is 0 Å². The van der Waals surface area contributed by atoms with Gasteiger partial charge in [-0.25, -0.2) is 4.52 Å². The number of carbonyl (C=O) groups excluding carboxylic acids is 1. The van der Waals surface area contributed by atoms with E-state index in [2.05, 4.69) is 10.3 Å². The molecule has 2 heterocycles. The summed E-state index contributed by atoms with van der Waals surface area (Å²) in [5.74, 6) is 0.0511. The Morgan fingerprint density at radius 2 is 1.93 bits per heavy atom. The van der Waals surface area contributed by atoms with Gasteiger partial charge < -0.3 is 5.32 Å². The summed E-state index contributed by atoms with van der Waals surface area (Å²) in [6.07, 6.45) is 7.66. The number of fused-ring (bicyclic) bond motifs is 3. The lowest BCUT2D eigenvalue weighted by atomic mass is 10.1. The van der Waals surface area contributed by atoms with E-state index >= 15 is 0 Å². The van der Waals surface area contributed by atoms with Crippen LogP contribution in [-0.2, 0) is 4.79 Å². The largest absolute Gasteiger partial charge is 0.352 e. The second kappa shape index (κ2) is 7.78. The standard InChI is InChI=1S/C22H28N4O2/c1-3-18(22(28)23-16-10-6-4-5-7-11-16)26-19-13-9-8-12-17(19)21-24-20(27)14-15(2)25(21)26/h8-9,12-14,16,18H,3-7,10-11H2,1-2H3,(H,23,28)/t18-/m1/s1. The molecule has 0 spiro atoms. The number of hydrogen-bond donors (Lipinski definition) is 1. The zero-order valence-electron chi connectivity index (χ0n) is 16.6. The molecule has 148 valence electrons. The molecule has 1 saturated carbocycles. The first-order chi connectivity index (χ1) is 13.6. The summed E-state index contributed by atoms with van der Waals surface area (Å²) in [7, 11) is 0. The molecule has 2 aromatic heterocycles. The molecule has 6 heteroatoms. The fraction of sp³-hybridized carbons (Fsp3) is 0.500. The maximum atomic E-state index is 13.3. The lowest BCUT2D eigenvalue weighted by molar-refractivity contribution is -0.125. The van der Waals surface area contributed by atoms with E-state index in [4.69, 9.17) is 0 Å². The van der Waals surface area contributed by atoms with E-state index in [1.165, 1.54) is 31.7 Å². The minimum atomic E-state index is -0.353. The molecule has 3 aromatic rings. The molecule has 0 unspecified atom stereocenters. The molecule has 0 saturated heterocycles. The number of aryl methyl sites for hydroxylation is 1. The summed E-state index contributed by atoms with van der Waals surface area (Å²) in [6, 6.07) is 9.29. The highest BCUT2D eigenvalue weighted by Gasteiger charge is 2.26. The summed E-state index contributed by atoms with van der Waals surface area (Å²) in [4.78, 5) is 29.5. The molecule has 1 aromatic carbocycles. The van der Waals surface area contributed by atoms with E-state index in [0.717, 1.165) is 29.4 Å². The fourth-order valence-electron chi connectivity index (χ4n) is 4.51. The van der Waals surface area contributed by atoms with Gasteiger partial charge in [0.05, 0.1) is 5.52 Å². The monoisotopic (exact) mass is 380 g/mol. The quantitative estimate of drug-likeness (QED) is 0.701. The van der Waals surface area contributed by atoms with E-state index < -0.39 is 0 Å². The number of carbonyl (C=O) groups is 1. The van der Waals surface area contributed by atoms with Crippen LogP contribution in [0, 0.1) is 6.92 Å². The molecule has 0 bridgehead atoms. The van der Waals surface area contributed by atoms with Gasteiger partial charge in [-0.3, -0.25) is 14.3 Å². The molecule has 4 rings (SSSR count). The third-order valence-corrected chi connectivity index (χ3v) is 5.88. The molecule has 1 N–H and O–H groups in total. The molecule has 1 amide bonds. The summed E-state index contributed by atoms with van der Waals surface area (Å²) in [6.45, 7) is 3.92. The van der Waals surface area contributed by atoms with Crippen molar-refractivity contribution in [1.29, 1.82) is 0 Å². The van der Waals surface area contributed by atoms with E-state index in [1.54, 1.807) is 0 Å². The molecular formula is C22H28N4O2. The number of rotatable bonds is 4. The third-order valence-electron chi connectivity index (χ3n) is 5.88. The van der Waals surface area contributed by atoms with Crippen LogP contribution in [-0.4, -0.2) is 26.1 Å². The van der Waals surface area contributed by atoms with Crippen molar-refractivity contribution in [2.75, 3.05) is 0 Å². The zero-order valence-corrected chi connectivity index (χ0v) is 16.6. The van der Waals surface area contributed by atoms with Gasteiger partial charge in [-0.2, -0.15) is 4.98 Å². The maximum absolute atomic E-state index is 13.3. The Morgan fingerprint density at radius 3 is 2.64 bits per heavy atom. The topological polar surface area (TPSA) is 68.4 Å². The highest BCUT2D eigenvalue weighted by atomic mass is 16.2. The number of para-hydroxylation sites is 1. The molecular weight excluding hydrogens is 352 g/mol. The molecule has 0 radical (unpaired) electrons. The van der Waals surface area contributed by atoms with Gasteiger partial charge in [-0.1, -0.05) is 44.7 Å². The van der Waals surface area contributed by atoms with Crippen molar-refractivity contribution >= 4 is 22.5 Å². The number of nitrogens with zero attached hydrogens (tertiary/aromatic N) is 3. The summed E-state index contributed by atoms with van der Waals surface area (Å²) in [5, 5.41) is 4.20. The molecule has 6 nitrogen and oxygen atoms in total. The zero-order chi connectivity index (χ0) is 19.7. The molecule has 1 fully saturated rings. The van der Waals surface area contributed by atoms with Gasteiger partial charge >= 0.3 is 0 Å². The normalized spacial score (nSPS) is 16.9. The van der Waals surface area contributed by atoms with Crippen LogP contribution >= 0.6 is 0 Å². The predicted octanol–water partition coefficient (Wildman–Crippen LogP) is 3.75. The van der Waals surface area contributed by atoms with Crippen molar-refractivity contribution in [2.45, 2.75) is 70.9 Å². The minimum Gasteiger partial charge on any atom is -0.352 e. The number of hydrogen-bond acceptors (Lipinski definition) is 3. The van der Waals surface area contributed by atoms with Gasteiger partial charge in [-0.05, 0) is 38.3 Å². The summed E-state index contributed by atoms with van der Waals surface area (Å²) in [5.41, 5.74) is 2.07. The van der Waals surface area contributed by atoms with Gasteiger partial charge in [0.1, 0.15) is 6.04 Å². The second-order valence-corrected chi connectivity index (χ2v) is 7.85. The average Bonchev–Trinajstić information content (AvgIpc) is 2.82. The summed E-state index contributed by atoms with van der Waals surface area (Å²) < 4.78 is 3.94. The highest BCUT2D eigenvalue weighted by Crippen LogP contribution is 2.27. The molecule has 1 aliphatic rings. The number of benzene rings is 1. The van der Waals surface area contributed by atoms with Crippen molar-refractivity contribution in [1.82, 2.24) is 19.5 Å². The van der Waals surface area contributed by atoms with Crippen molar-refractivity contribution in [3.05, 3.63) is 46.4 Å². The second-order valence-electron chi connectivity index (χ2n) is 7.85. The maximum Gasteiger partial charge on any atom is 0.273 e. The number of aromatic nitrogens is 3. The minimum absolute atomic E-state index is 0.0511. The van der Waals surface area contributed by atoms with Crippen LogP contribution in [0.5, 0.6) is 0 Å². The van der Waals surface area contributed by atoms with Crippen LogP contribution in [0.4, 0.5) is 0 Å². The Morgan fingerprint density at radius 1 is 1.21 bits per heavy atom. The molecule has 1 atom stereocenters. The Kier molecular flexibility index (Phi) is 5.20. The summed E-state index contributed by atoms with van der Waals surface area (Å²) >= 11 is 0. The van der Waals surface area contributed by atoms with Crippen LogP contribution in [0.3, 0.4) is 0 Å². The van der Waals surface area contributed by atoms with Gasteiger partial charge in [0.2, 0.25) is 5.91 Å². The lowest BCUT2D eigenvalue weighted by Gasteiger charge is -2.24. The van der Waals surface area contributed by atoms with E-state index in [9.17, 15) is 9.59 Å². The van der Waals surface area contributed by atoms with Crippen LogP contribution in [0.2, 0.25) is 0 Å². The Hall–Kier alpha value is -2.63. The first-order valence-corrected chi connectivity index (χ1v) is 10.4. The first-order valence-electron chi connectivity index (χ1n) is 10.4. The van der Waals surface area contributed by atoms with Crippen molar-refractivity contribution in [3.8, 4) is 0 Å². The van der Waals surface area contributed by atoms with Crippen LogP contribution in [0.15, 0.2) is 35.1 Å². The average molecular weight is 380 g/mol. The van der Waals surface area contributed by atoms with E-state index in [1.807, 2.05) is 47.3 Å². The molecule has 0 aliphatic heterocycles. The Bertz CT molecular complexity index is 1060. The Labute approximate surface area is 164 Å². The lowest BCUT2D eigenvalue weighted by Crippen LogP contribution is -2.40. The van der Waals surface area contributed by atoms with Crippen LogP contribution in [0.1, 0.15) is 63.6 Å². The van der Waals surface area contributed by atoms with E-state index in [-0.39, 0.29) is 23.6 Å². The van der Waals surface area contributed by atoms with Gasteiger partial charge in [-0.15, -0.1) is 0 Å². The van der Waals surface area contributed by atoms with Crippen LogP contribution in [0.25, 0.3) is 16.6 Å². The predicted molar refractivity (Wildman–Crippen MR) is 111 cm³/mol. The van der Waals surface area contributed by atoms with Gasteiger partial charge in [0, 0.05) is 23.2 Å². The highest BCUT2D eigenvalue weighted by molar-refractivity contribution is 5.94. The molecule has 1 aliphatic carbocycles. The van der Waals surface area contributed by atoms with Crippen molar-refractivity contribution < 1.29 is 4.79 Å². The fourth-order valence-corrected chi connectivity index (χ4v) is 4.51.